The van der Waals surface area contributed by atoms with E-state index in [-0.39, 0.29) is 17.9 Å². The normalized spacial score (nSPS) is 11.0. The quantitative estimate of drug-likeness (QED) is 0.504. The molecule has 0 spiro atoms. The smallest absolute Gasteiger partial charge is 0.261 e. The zero-order chi connectivity index (χ0) is 19.7. The van der Waals surface area contributed by atoms with E-state index in [0.29, 0.717) is 29.4 Å². The van der Waals surface area contributed by atoms with E-state index < -0.39 is 0 Å². The van der Waals surface area contributed by atoms with Crippen molar-refractivity contribution in [2.75, 3.05) is 0 Å². The third-order valence-electron chi connectivity index (χ3n) is 4.92. The second-order valence-corrected chi connectivity index (χ2v) is 6.73. The van der Waals surface area contributed by atoms with E-state index in [4.69, 9.17) is 5.26 Å². The minimum Gasteiger partial charge on any atom is -0.346 e. The molecule has 6 heteroatoms. The lowest BCUT2D eigenvalue weighted by molar-refractivity contribution is 0.0972. The molecule has 28 heavy (non-hydrogen) atoms. The van der Waals surface area contributed by atoms with E-state index >= 15 is 0 Å². The van der Waals surface area contributed by atoms with Crippen molar-refractivity contribution in [3.63, 3.8) is 0 Å². The molecule has 4 aromatic rings. The van der Waals surface area contributed by atoms with Gasteiger partial charge < -0.3 is 4.57 Å². The van der Waals surface area contributed by atoms with Gasteiger partial charge in [0, 0.05) is 29.2 Å². The summed E-state index contributed by atoms with van der Waals surface area (Å²) in [6.45, 7) is 2.34. The molecule has 0 bridgehead atoms. The Labute approximate surface area is 161 Å². The van der Waals surface area contributed by atoms with Crippen LogP contribution in [-0.4, -0.2) is 19.9 Å². The molecule has 2 aromatic heterocycles. The number of Topliss-reactive ketones (excluding diaryl/α,β-unsaturated/α-hetero) is 1. The predicted molar refractivity (Wildman–Crippen MR) is 107 cm³/mol. The van der Waals surface area contributed by atoms with Crippen LogP contribution in [0.2, 0.25) is 0 Å². The molecule has 2 heterocycles. The molecule has 0 saturated carbocycles. The van der Waals surface area contributed by atoms with E-state index in [1.807, 2.05) is 47.9 Å². The van der Waals surface area contributed by atoms with Gasteiger partial charge in [0.2, 0.25) is 0 Å². The minimum atomic E-state index is -0.227. The maximum atomic E-state index is 13.0. The van der Waals surface area contributed by atoms with Gasteiger partial charge in [-0.25, -0.2) is 4.98 Å². The summed E-state index contributed by atoms with van der Waals surface area (Å²) in [4.78, 5) is 30.2. The van der Waals surface area contributed by atoms with Gasteiger partial charge in [-0.2, -0.15) is 5.26 Å². The summed E-state index contributed by atoms with van der Waals surface area (Å²) in [5.74, 6) is -0.164. The van der Waals surface area contributed by atoms with Crippen LogP contribution in [0.3, 0.4) is 0 Å². The standard InChI is InChI=1S/C22H18N4O2/c1-15-6-4-8-17-21(15)24-14-26(22(17)28)13-20(27)18-12-25(11-5-10-23)19-9-3-2-7-16(18)19/h2-4,6-9,12,14H,5,11,13H2,1H3. The Kier molecular flexibility index (Phi) is 4.50. The Bertz CT molecular complexity index is 1310. The number of fused-ring (bicyclic) bond motifs is 2. The van der Waals surface area contributed by atoms with Crippen LogP contribution in [0.1, 0.15) is 22.3 Å². The molecule has 138 valence electrons. The molecule has 2 aromatic carbocycles. The summed E-state index contributed by atoms with van der Waals surface area (Å²) in [5.41, 5.74) is 2.80. The lowest BCUT2D eigenvalue weighted by Gasteiger charge is -2.07. The molecule has 6 nitrogen and oxygen atoms in total. The Hall–Kier alpha value is -3.72. The highest BCUT2D eigenvalue weighted by molar-refractivity contribution is 6.08. The topological polar surface area (TPSA) is 80.7 Å². The number of ketones is 1. The minimum absolute atomic E-state index is 0.0814. The highest BCUT2D eigenvalue weighted by Crippen LogP contribution is 2.22. The molecule has 0 fully saturated rings. The van der Waals surface area contributed by atoms with Gasteiger partial charge in [-0.1, -0.05) is 30.3 Å². The Morgan fingerprint density at radius 2 is 1.89 bits per heavy atom. The molecule has 0 radical (unpaired) electrons. The van der Waals surface area contributed by atoms with E-state index in [2.05, 4.69) is 11.1 Å². The average molecular weight is 370 g/mol. The molecule has 0 aliphatic heterocycles. The average Bonchev–Trinajstić information content (AvgIpc) is 3.08. The van der Waals surface area contributed by atoms with Crippen LogP contribution in [0, 0.1) is 18.3 Å². The molecule has 0 amide bonds. The zero-order valence-corrected chi connectivity index (χ0v) is 15.4. The number of nitriles is 1. The summed E-state index contributed by atoms with van der Waals surface area (Å²) < 4.78 is 3.27. The molecule has 0 aliphatic carbocycles. The van der Waals surface area contributed by atoms with Crippen molar-refractivity contribution in [2.45, 2.75) is 26.4 Å². The van der Waals surface area contributed by atoms with Crippen LogP contribution in [0.15, 0.2) is 59.8 Å². The van der Waals surface area contributed by atoms with Gasteiger partial charge >= 0.3 is 0 Å². The molecule has 0 saturated heterocycles. The third-order valence-corrected chi connectivity index (χ3v) is 4.92. The van der Waals surface area contributed by atoms with Crippen molar-refractivity contribution in [3.8, 4) is 6.07 Å². The first-order valence-electron chi connectivity index (χ1n) is 9.03. The van der Waals surface area contributed by atoms with Crippen LogP contribution in [0.4, 0.5) is 0 Å². The Morgan fingerprint density at radius 3 is 2.71 bits per heavy atom. The molecule has 0 N–H and O–H groups in total. The number of rotatable bonds is 5. The summed E-state index contributed by atoms with van der Waals surface area (Å²) in [7, 11) is 0. The molecule has 0 aliphatic rings. The fraction of sp³-hybridized carbons (Fsp3) is 0.182. The number of nitrogens with zero attached hydrogens (tertiary/aromatic N) is 4. The largest absolute Gasteiger partial charge is 0.346 e. The lowest BCUT2D eigenvalue weighted by atomic mass is 10.1. The van der Waals surface area contributed by atoms with Crippen LogP contribution in [0.25, 0.3) is 21.8 Å². The van der Waals surface area contributed by atoms with Crippen molar-refractivity contribution >= 4 is 27.6 Å². The van der Waals surface area contributed by atoms with Gasteiger partial charge in [0.1, 0.15) is 0 Å². The Morgan fingerprint density at radius 1 is 1.11 bits per heavy atom. The maximum absolute atomic E-state index is 13.0. The van der Waals surface area contributed by atoms with E-state index in [9.17, 15) is 9.59 Å². The summed E-state index contributed by atoms with van der Waals surface area (Å²) >= 11 is 0. The van der Waals surface area contributed by atoms with Crippen molar-refractivity contribution in [3.05, 3.63) is 76.5 Å². The molecule has 0 atom stereocenters. The van der Waals surface area contributed by atoms with Crippen LogP contribution >= 0.6 is 0 Å². The van der Waals surface area contributed by atoms with E-state index in [1.165, 1.54) is 10.9 Å². The molecule has 0 unspecified atom stereocenters. The summed E-state index contributed by atoms with van der Waals surface area (Å²) in [6.07, 6.45) is 3.57. The van der Waals surface area contributed by atoms with Crippen LogP contribution in [0.5, 0.6) is 0 Å². The Balaban J connectivity index is 1.74. The highest BCUT2D eigenvalue weighted by atomic mass is 16.1. The van der Waals surface area contributed by atoms with E-state index in [1.54, 1.807) is 12.3 Å². The maximum Gasteiger partial charge on any atom is 0.261 e. The number of carbonyl (C=O) groups excluding carboxylic acids is 1. The van der Waals surface area contributed by atoms with Gasteiger partial charge in [0.25, 0.3) is 5.56 Å². The number of hydrogen-bond acceptors (Lipinski definition) is 4. The van der Waals surface area contributed by atoms with Crippen molar-refractivity contribution in [1.29, 1.82) is 5.26 Å². The molecular formula is C22H18N4O2. The first-order valence-corrected chi connectivity index (χ1v) is 9.03. The number of carbonyl (C=O) groups is 1. The molecule has 4 rings (SSSR count). The monoisotopic (exact) mass is 370 g/mol. The van der Waals surface area contributed by atoms with Gasteiger partial charge in [0.05, 0.1) is 36.3 Å². The van der Waals surface area contributed by atoms with Gasteiger partial charge in [-0.15, -0.1) is 0 Å². The van der Waals surface area contributed by atoms with Crippen LogP contribution < -0.4 is 5.56 Å². The fourth-order valence-corrected chi connectivity index (χ4v) is 3.51. The fourth-order valence-electron chi connectivity index (χ4n) is 3.51. The number of aromatic nitrogens is 3. The van der Waals surface area contributed by atoms with E-state index in [0.717, 1.165) is 16.5 Å². The van der Waals surface area contributed by atoms with Gasteiger partial charge in [0.15, 0.2) is 5.78 Å². The zero-order valence-electron chi connectivity index (χ0n) is 15.4. The first-order chi connectivity index (χ1) is 13.6. The first kappa shape index (κ1) is 17.7. The SMILES string of the molecule is Cc1cccc2c(=O)n(CC(=O)c3cn(CCC#N)c4ccccc34)cnc12. The van der Waals surface area contributed by atoms with Crippen molar-refractivity contribution in [1.82, 2.24) is 14.1 Å². The molecular weight excluding hydrogens is 352 g/mol. The lowest BCUT2D eigenvalue weighted by Crippen LogP contribution is -2.24. The number of aryl methyl sites for hydroxylation is 2. The second kappa shape index (κ2) is 7.12. The predicted octanol–water partition coefficient (Wildman–Crippen LogP) is 3.46. The number of benzene rings is 2. The third kappa shape index (κ3) is 2.97. The number of para-hydroxylation sites is 2. The van der Waals surface area contributed by atoms with Gasteiger partial charge in [-0.3, -0.25) is 14.2 Å². The van der Waals surface area contributed by atoms with Crippen molar-refractivity contribution < 1.29 is 4.79 Å². The second-order valence-electron chi connectivity index (χ2n) is 6.73. The number of hydrogen-bond donors (Lipinski definition) is 0. The van der Waals surface area contributed by atoms with Gasteiger partial charge in [-0.05, 0) is 24.6 Å². The highest BCUT2D eigenvalue weighted by Gasteiger charge is 2.16. The summed E-state index contributed by atoms with van der Waals surface area (Å²) in [6, 6.07) is 15.2. The van der Waals surface area contributed by atoms with Crippen LogP contribution in [-0.2, 0) is 13.1 Å². The van der Waals surface area contributed by atoms with Crippen molar-refractivity contribution in [2.24, 2.45) is 0 Å². The summed E-state index contributed by atoms with van der Waals surface area (Å²) in [5, 5.41) is 10.2.